The van der Waals surface area contributed by atoms with Gasteiger partial charge in [-0.15, -0.1) is 0 Å². The number of aromatic amines is 1. The number of anilines is 1. The SMILES string of the molecule is CCOCc1nc2c(c(=O)[nH]1)N=CC(O)N2. The van der Waals surface area contributed by atoms with Gasteiger partial charge in [-0.2, -0.15) is 0 Å². The molecule has 7 nitrogen and oxygen atoms in total. The van der Waals surface area contributed by atoms with Crippen LogP contribution in [0.4, 0.5) is 11.5 Å². The van der Waals surface area contributed by atoms with E-state index in [2.05, 4.69) is 20.3 Å². The molecule has 16 heavy (non-hydrogen) atoms. The highest BCUT2D eigenvalue weighted by Gasteiger charge is 2.16. The predicted octanol–water partition coefficient (Wildman–Crippen LogP) is -0.247. The summed E-state index contributed by atoms with van der Waals surface area (Å²) >= 11 is 0. The van der Waals surface area contributed by atoms with Crippen LogP contribution >= 0.6 is 0 Å². The summed E-state index contributed by atoms with van der Waals surface area (Å²) in [6.45, 7) is 2.61. The molecule has 0 aromatic carbocycles. The summed E-state index contributed by atoms with van der Waals surface area (Å²) in [4.78, 5) is 22.0. The van der Waals surface area contributed by atoms with Crippen molar-refractivity contribution in [3.05, 3.63) is 16.2 Å². The van der Waals surface area contributed by atoms with Gasteiger partial charge in [0.25, 0.3) is 5.56 Å². The van der Waals surface area contributed by atoms with E-state index in [1.807, 2.05) is 6.92 Å². The molecule has 3 N–H and O–H groups in total. The number of ether oxygens (including phenoxy) is 1. The van der Waals surface area contributed by atoms with Gasteiger partial charge in [0.05, 0.1) is 6.21 Å². The molecule has 0 saturated carbocycles. The van der Waals surface area contributed by atoms with Gasteiger partial charge in [-0.1, -0.05) is 0 Å². The highest BCUT2D eigenvalue weighted by molar-refractivity contribution is 5.79. The topological polar surface area (TPSA) is 99.6 Å². The molecule has 1 aromatic heterocycles. The zero-order valence-electron chi connectivity index (χ0n) is 8.73. The molecule has 0 aliphatic carbocycles. The number of aliphatic hydroxyl groups is 1. The van der Waals surface area contributed by atoms with Crippen LogP contribution in [-0.2, 0) is 11.3 Å². The quantitative estimate of drug-likeness (QED) is 0.657. The highest BCUT2D eigenvalue weighted by atomic mass is 16.5. The maximum atomic E-state index is 11.6. The second-order valence-corrected chi connectivity index (χ2v) is 3.21. The average Bonchev–Trinajstić information content (AvgIpc) is 2.25. The summed E-state index contributed by atoms with van der Waals surface area (Å²) in [5.41, 5.74) is -0.180. The minimum atomic E-state index is -0.915. The van der Waals surface area contributed by atoms with Crippen molar-refractivity contribution in [2.45, 2.75) is 19.8 Å². The molecule has 7 heteroatoms. The lowest BCUT2D eigenvalue weighted by molar-refractivity contribution is 0.128. The second-order valence-electron chi connectivity index (χ2n) is 3.21. The van der Waals surface area contributed by atoms with Crippen molar-refractivity contribution < 1.29 is 9.84 Å². The van der Waals surface area contributed by atoms with Crippen molar-refractivity contribution in [1.29, 1.82) is 0 Å². The first kappa shape index (κ1) is 10.8. The van der Waals surface area contributed by atoms with Gasteiger partial charge in [0.2, 0.25) is 0 Å². The first-order valence-corrected chi connectivity index (χ1v) is 4.90. The Morgan fingerprint density at radius 1 is 1.62 bits per heavy atom. The van der Waals surface area contributed by atoms with Gasteiger partial charge in [0.1, 0.15) is 12.4 Å². The fourth-order valence-electron chi connectivity index (χ4n) is 1.32. The van der Waals surface area contributed by atoms with Crippen LogP contribution in [0.3, 0.4) is 0 Å². The maximum absolute atomic E-state index is 11.6. The molecule has 1 atom stereocenters. The first-order chi connectivity index (χ1) is 7.70. The molecule has 1 aliphatic rings. The number of hydrogen-bond acceptors (Lipinski definition) is 6. The predicted molar refractivity (Wildman–Crippen MR) is 58.0 cm³/mol. The minimum Gasteiger partial charge on any atom is -0.374 e. The summed E-state index contributed by atoms with van der Waals surface area (Å²) in [6.07, 6.45) is 0.323. The summed E-state index contributed by atoms with van der Waals surface area (Å²) in [5.74, 6) is 0.677. The van der Waals surface area contributed by atoms with E-state index in [9.17, 15) is 9.90 Å². The zero-order valence-corrected chi connectivity index (χ0v) is 8.73. The number of nitrogens with zero attached hydrogens (tertiary/aromatic N) is 2. The molecule has 0 fully saturated rings. The van der Waals surface area contributed by atoms with Crippen LogP contribution < -0.4 is 10.9 Å². The smallest absolute Gasteiger partial charge is 0.279 e. The monoisotopic (exact) mass is 224 g/mol. The standard InChI is InChI=1S/C9H12N4O3/c1-2-16-4-5-11-8-7(9(15)12-5)10-3-6(14)13-8/h3,6,14H,2,4H2,1H3,(H2,11,12,13,15). The van der Waals surface area contributed by atoms with E-state index >= 15 is 0 Å². The highest BCUT2D eigenvalue weighted by Crippen LogP contribution is 2.20. The molecular formula is C9H12N4O3. The molecule has 0 radical (unpaired) electrons. The third-order valence-corrected chi connectivity index (χ3v) is 2.02. The zero-order chi connectivity index (χ0) is 11.5. The van der Waals surface area contributed by atoms with Gasteiger partial charge in [-0.3, -0.25) is 4.79 Å². The number of aliphatic hydroxyl groups excluding tert-OH is 1. The molecule has 1 unspecified atom stereocenters. The Morgan fingerprint density at radius 3 is 3.19 bits per heavy atom. The number of hydrogen-bond donors (Lipinski definition) is 3. The van der Waals surface area contributed by atoms with Gasteiger partial charge in [-0.05, 0) is 6.92 Å². The summed E-state index contributed by atoms with van der Waals surface area (Å²) in [7, 11) is 0. The normalized spacial score (nSPS) is 18.0. The molecule has 86 valence electrons. The Kier molecular flexibility index (Phi) is 2.97. The number of nitrogens with one attached hydrogen (secondary N) is 2. The van der Waals surface area contributed by atoms with Crippen molar-refractivity contribution >= 4 is 17.7 Å². The lowest BCUT2D eigenvalue weighted by Gasteiger charge is -2.15. The van der Waals surface area contributed by atoms with E-state index in [-0.39, 0.29) is 23.7 Å². The van der Waals surface area contributed by atoms with Gasteiger partial charge in [-0.25, -0.2) is 9.98 Å². The fourth-order valence-corrected chi connectivity index (χ4v) is 1.32. The molecule has 0 amide bonds. The minimum absolute atomic E-state index is 0.172. The van der Waals surface area contributed by atoms with Crippen LogP contribution in [0.2, 0.25) is 0 Å². The van der Waals surface area contributed by atoms with Crippen molar-refractivity contribution in [2.24, 2.45) is 4.99 Å². The number of fused-ring (bicyclic) bond motifs is 1. The van der Waals surface area contributed by atoms with Gasteiger partial charge in [0, 0.05) is 6.61 Å². The van der Waals surface area contributed by atoms with E-state index in [1.165, 1.54) is 6.21 Å². The van der Waals surface area contributed by atoms with E-state index in [4.69, 9.17) is 4.74 Å². The van der Waals surface area contributed by atoms with Crippen LogP contribution in [0.5, 0.6) is 0 Å². The molecule has 1 aromatic rings. The second kappa shape index (κ2) is 4.42. The maximum Gasteiger partial charge on any atom is 0.279 e. The number of rotatable bonds is 3. The molecular weight excluding hydrogens is 212 g/mol. The van der Waals surface area contributed by atoms with E-state index in [0.717, 1.165) is 0 Å². The molecule has 0 bridgehead atoms. The molecule has 1 aliphatic heterocycles. The lowest BCUT2D eigenvalue weighted by Crippen LogP contribution is -2.27. The Labute approximate surface area is 91.2 Å². The molecule has 0 saturated heterocycles. The Morgan fingerprint density at radius 2 is 2.44 bits per heavy atom. The van der Waals surface area contributed by atoms with E-state index < -0.39 is 6.23 Å². The third-order valence-electron chi connectivity index (χ3n) is 2.02. The van der Waals surface area contributed by atoms with Crippen LogP contribution in [0, 0.1) is 0 Å². The third kappa shape index (κ3) is 2.10. The molecule has 2 rings (SSSR count). The van der Waals surface area contributed by atoms with Crippen LogP contribution in [0.1, 0.15) is 12.7 Å². The lowest BCUT2D eigenvalue weighted by atomic mass is 10.4. The van der Waals surface area contributed by atoms with Crippen molar-refractivity contribution in [3.8, 4) is 0 Å². The van der Waals surface area contributed by atoms with Crippen LogP contribution in [0.15, 0.2) is 9.79 Å². The number of aromatic nitrogens is 2. The Bertz CT molecular complexity index is 468. The van der Waals surface area contributed by atoms with Gasteiger partial charge in [0.15, 0.2) is 17.7 Å². The Hall–Kier alpha value is -1.73. The Balaban J connectivity index is 2.34. The van der Waals surface area contributed by atoms with E-state index in [1.54, 1.807) is 0 Å². The van der Waals surface area contributed by atoms with Gasteiger partial charge >= 0.3 is 0 Å². The van der Waals surface area contributed by atoms with Crippen LogP contribution in [0.25, 0.3) is 0 Å². The average molecular weight is 224 g/mol. The molecule has 0 spiro atoms. The number of aliphatic imine (C=N–C) groups is 1. The van der Waals surface area contributed by atoms with Crippen molar-refractivity contribution in [1.82, 2.24) is 9.97 Å². The summed E-state index contributed by atoms with van der Waals surface area (Å²) in [5, 5.41) is 11.9. The molecule has 2 heterocycles. The van der Waals surface area contributed by atoms with Crippen molar-refractivity contribution in [3.63, 3.8) is 0 Å². The number of H-pyrrole nitrogens is 1. The summed E-state index contributed by atoms with van der Waals surface area (Å²) in [6, 6.07) is 0. The largest absolute Gasteiger partial charge is 0.374 e. The fraction of sp³-hybridized carbons (Fsp3) is 0.444. The summed E-state index contributed by atoms with van der Waals surface area (Å²) < 4.78 is 5.13. The van der Waals surface area contributed by atoms with Gasteiger partial charge < -0.3 is 20.1 Å². The van der Waals surface area contributed by atoms with Crippen LogP contribution in [-0.4, -0.2) is 34.1 Å². The van der Waals surface area contributed by atoms with E-state index in [0.29, 0.717) is 12.4 Å². The van der Waals surface area contributed by atoms with Crippen molar-refractivity contribution in [2.75, 3.05) is 11.9 Å². The first-order valence-electron chi connectivity index (χ1n) is 4.90.